The van der Waals surface area contributed by atoms with E-state index in [1.807, 2.05) is 24.3 Å². The maximum Gasteiger partial charge on any atom is 0.248 e. The van der Waals surface area contributed by atoms with Gasteiger partial charge in [0.2, 0.25) is 5.91 Å². The largest absolute Gasteiger partial charge is 0.496 e. The van der Waals surface area contributed by atoms with E-state index in [0.717, 1.165) is 11.3 Å². The zero-order valence-electron chi connectivity index (χ0n) is 12.7. The highest BCUT2D eigenvalue weighted by Crippen LogP contribution is 2.32. The van der Waals surface area contributed by atoms with Gasteiger partial charge >= 0.3 is 0 Å². The minimum atomic E-state index is -0.229. The molecule has 1 aliphatic heterocycles. The van der Waals surface area contributed by atoms with Crippen LogP contribution >= 0.6 is 0 Å². The summed E-state index contributed by atoms with van der Waals surface area (Å²) in [6.07, 6.45) is 3.18. The number of hydrogen-bond acceptors (Lipinski definition) is 4. The number of methoxy groups -OCH3 is 1. The number of anilines is 1. The highest BCUT2D eigenvalue weighted by Gasteiger charge is 2.12. The van der Waals surface area contributed by atoms with Crippen molar-refractivity contribution in [1.82, 2.24) is 0 Å². The third-order valence-corrected chi connectivity index (χ3v) is 3.36. The van der Waals surface area contributed by atoms with Crippen molar-refractivity contribution in [3.8, 4) is 17.2 Å². The van der Waals surface area contributed by atoms with Crippen LogP contribution in [0.1, 0.15) is 5.56 Å². The second kappa shape index (κ2) is 6.87. The summed E-state index contributed by atoms with van der Waals surface area (Å²) in [5, 5.41) is 2.80. The monoisotopic (exact) mass is 311 g/mol. The van der Waals surface area contributed by atoms with Gasteiger partial charge in [-0.25, -0.2) is 0 Å². The maximum absolute atomic E-state index is 12.0. The third-order valence-electron chi connectivity index (χ3n) is 3.36. The van der Waals surface area contributed by atoms with E-state index in [0.29, 0.717) is 30.4 Å². The highest BCUT2D eigenvalue weighted by molar-refractivity contribution is 6.02. The molecule has 0 fully saturated rings. The minimum Gasteiger partial charge on any atom is -0.496 e. The summed E-state index contributed by atoms with van der Waals surface area (Å²) in [4.78, 5) is 12.0. The summed E-state index contributed by atoms with van der Waals surface area (Å²) < 4.78 is 16.2. The average molecular weight is 311 g/mol. The van der Waals surface area contributed by atoms with Crippen LogP contribution in [0.3, 0.4) is 0 Å². The first-order valence-corrected chi connectivity index (χ1v) is 7.28. The van der Waals surface area contributed by atoms with E-state index in [1.165, 1.54) is 6.08 Å². The summed E-state index contributed by atoms with van der Waals surface area (Å²) in [5.41, 5.74) is 1.50. The SMILES string of the molecule is COc1ccccc1/C=C/C(=O)Nc1ccc2c(c1)OCCO2. The average Bonchev–Trinajstić information content (AvgIpc) is 2.60. The lowest BCUT2D eigenvalue weighted by molar-refractivity contribution is -0.111. The van der Waals surface area contributed by atoms with E-state index in [2.05, 4.69) is 5.32 Å². The molecule has 1 aliphatic rings. The first-order chi connectivity index (χ1) is 11.3. The molecule has 2 aromatic carbocycles. The number of benzene rings is 2. The summed E-state index contributed by atoms with van der Waals surface area (Å²) in [5.74, 6) is 1.82. The van der Waals surface area contributed by atoms with E-state index in [1.54, 1.807) is 31.4 Å². The zero-order chi connectivity index (χ0) is 16.1. The molecule has 0 aromatic heterocycles. The number of rotatable bonds is 4. The Morgan fingerprint density at radius 1 is 1.13 bits per heavy atom. The van der Waals surface area contributed by atoms with Crippen LogP contribution in [0.15, 0.2) is 48.5 Å². The Morgan fingerprint density at radius 3 is 2.74 bits per heavy atom. The quantitative estimate of drug-likeness (QED) is 0.882. The van der Waals surface area contributed by atoms with Crippen LogP contribution in [-0.2, 0) is 4.79 Å². The normalized spacial score (nSPS) is 12.9. The van der Waals surface area contributed by atoms with Gasteiger partial charge in [-0.1, -0.05) is 18.2 Å². The van der Waals surface area contributed by atoms with Crippen molar-refractivity contribution in [2.24, 2.45) is 0 Å². The fourth-order valence-electron chi connectivity index (χ4n) is 2.27. The molecule has 3 rings (SSSR count). The van der Waals surface area contributed by atoms with Crippen molar-refractivity contribution in [2.75, 3.05) is 25.6 Å². The van der Waals surface area contributed by atoms with Gasteiger partial charge in [-0.15, -0.1) is 0 Å². The van der Waals surface area contributed by atoms with Crippen LogP contribution in [0.5, 0.6) is 17.2 Å². The summed E-state index contributed by atoms with van der Waals surface area (Å²) in [7, 11) is 1.60. The van der Waals surface area contributed by atoms with Crippen LogP contribution in [0.25, 0.3) is 6.08 Å². The molecule has 0 radical (unpaired) electrons. The molecule has 1 heterocycles. The first-order valence-electron chi connectivity index (χ1n) is 7.28. The van der Waals surface area contributed by atoms with Gasteiger partial charge in [0.05, 0.1) is 7.11 Å². The van der Waals surface area contributed by atoms with Gasteiger partial charge in [0, 0.05) is 23.4 Å². The Balaban J connectivity index is 1.68. The number of carbonyl (C=O) groups is 1. The third kappa shape index (κ3) is 3.63. The Hall–Kier alpha value is -2.95. The molecule has 0 unspecified atom stereocenters. The van der Waals surface area contributed by atoms with Gasteiger partial charge in [0.25, 0.3) is 0 Å². The maximum atomic E-state index is 12.0. The molecule has 0 bridgehead atoms. The second-order valence-electron chi connectivity index (χ2n) is 4.92. The zero-order valence-corrected chi connectivity index (χ0v) is 12.7. The second-order valence-corrected chi connectivity index (χ2v) is 4.92. The molecular formula is C18H17NO4. The smallest absolute Gasteiger partial charge is 0.248 e. The molecular weight excluding hydrogens is 294 g/mol. The van der Waals surface area contributed by atoms with Gasteiger partial charge in [-0.3, -0.25) is 4.79 Å². The lowest BCUT2D eigenvalue weighted by atomic mass is 10.2. The van der Waals surface area contributed by atoms with E-state index < -0.39 is 0 Å². The number of nitrogens with one attached hydrogen (secondary N) is 1. The van der Waals surface area contributed by atoms with E-state index >= 15 is 0 Å². The summed E-state index contributed by atoms with van der Waals surface area (Å²) in [6.45, 7) is 1.05. The molecule has 1 amide bonds. The van der Waals surface area contributed by atoms with E-state index in [-0.39, 0.29) is 5.91 Å². The van der Waals surface area contributed by atoms with Gasteiger partial charge in [-0.2, -0.15) is 0 Å². The number of hydrogen-bond donors (Lipinski definition) is 1. The fraction of sp³-hybridized carbons (Fsp3) is 0.167. The number of carbonyl (C=O) groups excluding carboxylic acids is 1. The highest BCUT2D eigenvalue weighted by atomic mass is 16.6. The summed E-state index contributed by atoms with van der Waals surface area (Å²) in [6, 6.07) is 12.8. The molecule has 118 valence electrons. The molecule has 2 aromatic rings. The number of fused-ring (bicyclic) bond motifs is 1. The van der Waals surface area contributed by atoms with Crippen molar-refractivity contribution >= 4 is 17.7 Å². The predicted molar refractivity (Wildman–Crippen MR) is 88.1 cm³/mol. The van der Waals surface area contributed by atoms with Gasteiger partial charge in [0.15, 0.2) is 11.5 Å². The first kappa shape index (κ1) is 15.0. The molecule has 5 nitrogen and oxygen atoms in total. The van der Waals surface area contributed by atoms with Crippen LogP contribution < -0.4 is 19.5 Å². The number of ether oxygens (including phenoxy) is 3. The Bertz CT molecular complexity index is 740. The molecule has 5 heteroatoms. The van der Waals surface area contributed by atoms with E-state index in [4.69, 9.17) is 14.2 Å². The lowest BCUT2D eigenvalue weighted by Gasteiger charge is -2.18. The number of para-hydroxylation sites is 1. The molecule has 1 N–H and O–H groups in total. The Morgan fingerprint density at radius 2 is 1.91 bits per heavy atom. The van der Waals surface area contributed by atoms with Crippen LogP contribution in [0.2, 0.25) is 0 Å². The minimum absolute atomic E-state index is 0.229. The fourth-order valence-corrected chi connectivity index (χ4v) is 2.27. The summed E-state index contributed by atoms with van der Waals surface area (Å²) >= 11 is 0. The molecule has 0 spiro atoms. The Labute approximate surface area is 134 Å². The molecule has 0 saturated carbocycles. The van der Waals surface area contributed by atoms with Crippen LogP contribution in [0.4, 0.5) is 5.69 Å². The van der Waals surface area contributed by atoms with Gasteiger partial charge in [0.1, 0.15) is 19.0 Å². The Kier molecular flexibility index (Phi) is 4.47. The number of amides is 1. The van der Waals surface area contributed by atoms with Gasteiger partial charge < -0.3 is 19.5 Å². The van der Waals surface area contributed by atoms with E-state index in [9.17, 15) is 4.79 Å². The molecule has 0 aliphatic carbocycles. The van der Waals surface area contributed by atoms with Crippen molar-refractivity contribution in [2.45, 2.75) is 0 Å². The molecule has 23 heavy (non-hydrogen) atoms. The molecule has 0 saturated heterocycles. The topological polar surface area (TPSA) is 56.8 Å². The predicted octanol–water partition coefficient (Wildman–Crippen LogP) is 3.12. The molecule has 0 atom stereocenters. The van der Waals surface area contributed by atoms with Crippen molar-refractivity contribution in [3.63, 3.8) is 0 Å². The van der Waals surface area contributed by atoms with Crippen molar-refractivity contribution in [1.29, 1.82) is 0 Å². The van der Waals surface area contributed by atoms with Crippen molar-refractivity contribution in [3.05, 3.63) is 54.1 Å². The van der Waals surface area contributed by atoms with Crippen molar-refractivity contribution < 1.29 is 19.0 Å². The van der Waals surface area contributed by atoms with Gasteiger partial charge in [-0.05, 0) is 24.3 Å². The lowest BCUT2D eigenvalue weighted by Crippen LogP contribution is -2.16. The van der Waals surface area contributed by atoms with Crippen LogP contribution in [0, 0.1) is 0 Å². The standard InChI is InChI=1S/C18H17NO4/c1-21-15-5-3-2-4-13(15)6-9-18(20)19-14-7-8-16-17(12-14)23-11-10-22-16/h2-9,12H,10-11H2,1H3,(H,19,20)/b9-6+. The van der Waals surface area contributed by atoms with Crippen LogP contribution in [-0.4, -0.2) is 26.2 Å².